The molecular formula is C9H18O3. The van der Waals surface area contributed by atoms with Crippen LogP contribution in [0.25, 0.3) is 0 Å². The van der Waals surface area contributed by atoms with E-state index in [1.54, 1.807) is 0 Å². The van der Waals surface area contributed by atoms with Crippen LogP contribution in [-0.4, -0.2) is 24.3 Å². The van der Waals surface area contributed by atoms with E-state index in [9.17, 15) is 4.79 Å². The molecule has 0 radical (unpaired) electrons. The van der Waals surface area contributed by atoms with Gasteiger partial charge in [-0.15, -0.1) is 0 Å². The van der Waals surface area contributed by atoms with Crippen molar-refractivity contribution in [3.8, 4) is 0 Å². The third-order valence-electron chi connectivity index (χ3n) is 2.39. The van der Waals surface area contributed by atoms with Crippen LogP contribution in [-0.2, 0) is 9.53 Å². The zero-order chi connectivity index (χ0) is 9.61. The Hall–Kier alpha value is -0.570. The van der Waals surface area contributed by atoms with Crippen molar-refractivity contribution in [2.45, 2.75) is 33.6 Å². The molecule has 12 heavy (non-hydrogen) atoms. The lowest BCUT2D eigenvalue weighted by atomic mass is 9.83. The van der Waals surface area contributed by atoms with Crippen molar-refractivity contribution in [2.75, 3.05) is 13.2 Å². The fourth-order valence-electron chi connectivity index (χ4n) is 1.12. The van der Waals surface area contributed by atoms with Crippen molar-refractivity contribution in [1.29, 1.82) is 0 Å². The van der Waals surface area contributed by atoms with Gasteiger partial charge in [0.05, 0.1) is 12.0 Å². The molecular weight excluding hydrogens is 156 g/mol. The molecule has 0 aliphatic carbocycles. The summed E-state index contributed by atoms with van der Waals surface area (Å²) >= 11 is 0. The Kier molecular flexibility index (Phi) is 4.90. The maximum Gasteiger partial charge on any atom is 0.311 e. The van der Waals surface area contributed by atoms with Crippen LogP contribution in [0.2, 0.25) is 0 Å². The normalized spacial score (nSPS) is 11.6. The molecule has 0 atom stereocenters. The molecule has 72 valence electrons. The van der Waals surface area contributed by atoms with Gasteiger partial charge in [-0.3, -0.25) is 4.79 Å². The number of carboxylic acids is 1. The van der Waals surface area contributed by atoms with Gasteiger partial charge in [-0.1, -0.05) is 13.8 Å². The van der Waals surface area contributed by atoms with Gasteiger partial charge in [-0.25, -0.2) is 0 Å². The van der Waals surface area contributed by atoms with E-state index >= 15 is 0 Å². The fraction of sp³-hybridized carbons (Fsp3) is 0.889. The quantitative estimate of drug-likeness (QED) is 0.669. The van der Waals surface area contributed by atoms with Crippen LogP contribution in [0.3, 0.4) is 0 Å². The third-order valence-corrected chi connectivity index (χ3v) is 2.39. The first-order valence-electron chi connectivity index (χ1n) is 4.44. The lowest BCUT2D eigenvalue weighted by molar-refractivity contribution is -0.153. The SMILES string of the molecule is CCOCC(CC)(CC)C(=O)O. The molecule has 1 N–H and O–H groups in total. The summed E-state index contributed by atoms with van der Waals surface area (Å²) in [5, 5.41) is 8.97. The van der Waals surface area contributed by atoms with Gasteiger partial charge in [-0.2, -0.15) is 0 Å². The Morgan fingerprint density at radius 2 is 1.83 bits per heavy atom. The lowest BCUT2D eigenvalue weighted by Crippen LogP contribution is -2.34. The number of aliphatic carboxylic acids is 1. The zero-order valence-corrected chi connectivity index (χ0v) is 8.09. The summed E-state index contributed by atoms with van der Waals surface area (Å²) in [6, 6.07) is 0. The standard InChI is InChI=1S/C9H18O3/c1-4-9(5-2,8(10)11)7-12-6-3/h4-7H2,1-3H3,(H,10,11). The molecule has 3 nitrogen and oxygen atoms in total. The highest BCUT2D eigenvalue weighted by atomic mass is 16.5. The minimum absolute atomic E-state index is 0.325. The van der Waals surface area contributed by atoms with Gasteiger partial charge >= 0.3 is 5.97 Å². The molecule has 0 aliphatic heterocycles. The van der Waals surface area contributed by atoms with Crippen LogP contribution < -0.4 is 0 Å². The number of hydrogen-bond acceptors (Lipinski definition) is 2. The first-order valence-corrected chi connectivity index (χ1v) is 4.44. The van der Waals surface area contributed by atoms with Crippen LogP contribution in [0, 0.1) is 5.41 Å². The molecule has 0 aromatic rings. The predicted octanol–water partition coefficient (Wildman–Crippen LogP) is 1.91. The van der Waals surface area contributed by atoms with E-state index in [1.165, 1.54) is 0 Å². The third kappa shape index (κ3) is 2.48. The van der Waals surface area contributed by atoms with Gasteiger partial charge in [0.15, 0.2) is 0 Å². The molecule has 0 heterocycles. The average molecular weight is 174 g/mol. The second-order valence-corrected chi connectivity index (χ2v) is 2.93. The van der Waals surface area contributed by atoms with E-state index in [0.717, 1.165) is 0 Å². The highest BCUT2D eigenvalue weighted by molar-refractivity contribution is 5.74. The molecule has 0 saturated heterocycles. The Balaban J connectivity index is 4.25. The van der Waals surface area contributed by atoms with Gasteiger partial charge in [0, 0.05) is 6.61 Å². The van der Waals surface area contributed by atoms with Crippen LogP contribution in [0.5, 0.6) is 0 Å². The first kappa shape index (κ1) is 11.4. The fourth-order valence-corrected chi connectivity index (χ4v) is 1.12. The topological polar surface area (TPSA) is 46.5 Å². The smallest absolute Gasteiger partial charge is 0.311 e. The van der Waals surface area contributed by atoms with E-state index in [-0.39, 0.29) is 0 Å². The average Bonchev–Trinajstić information content (AvgIpc) is 2.07. The van der Waals surface area contributed by atoms with E-state index in [0.29, 0.717) is 26.1 Å². The summed E-state index contributed by atoms with van der Waals surface area (Å²) < 4.78 is 5.16. The minimum atomic E-state index is -0.749. The molecule has 0 aromatic heterocycles. The summed E-state index contributed by atoms with van der Waals surface area (Å²) in [4.78, 5) is 10.9. The van der Waals surface area contributed by atoms with E-state index in [4.69, 9.17) is 9.84 Å². The first-order chi connectivity index (χ1) is 5.63. The van der Waals surface area contributed by atoms with Gasteiger partial charge in [0.25, 0.3) is 0 Å². The molecule has 0 aromatic carbocycles. The van der Waals surface area contributed by atoms with Crippen molar-refractivity contribution in [3.05, 3.63) is 0 Å². The summed E-state index contributed by atoms with van der Waals surface area (Å²) in [5.74, 6) is -0.749. The van der Waals surface area contributed by atoms with Crippen LogP contribution in [0.1, 0.15) is 33.6 Å². The Labute approximate surface area is 73.7 Å². The molecule has 0 amide bonds. The number of hydrogen-bond donors (Lipinski definition) is 1. The number of ether oxygens (including phenoxy) is 1. The Bertz CT molecular complexity index is 139. The molecule has 0 rings (SSSR count). The monoisotopic (exact) mass is 174 g/mol. The summed E-state index contributed by atoms with van der Waals surface area (Å²) in [6.07, 6.45) is 1.25. The van der Waals surface area contributed by atoms with Crippen molar-refractivity contribution >= 4 is 5.97 Å². The molecule has 0 bridgehead atoms. The van der Waals surface area contributed by atoms with E-state index in [1.807, 2.05) is 20.8 Å². The van der Waals surface area contributed by atoms with Crippen molar-refractivity contribution in [1.82, 2.24) is 0 Å². The summed E-state index contributed by atoms with van der Waals surface area (Å²) in [6.45, 7) is 6.55. The van der Waals surface area contributed by atoms with Crippen LogP contribution in [0.15, 0.2) is 0 Å². The second kappa shape index (κ2) is 5.14. The second-order valence-electron chi connectivity index (χ2n) is 2.93. The molecule has 0 spiro atoms. The number of carbonyl (C=O) groups is 1. The van der Waals surface area contributed by atoms with Crippen molar-refractivity contribution < 1.29 is 14.6 Å². The Morgan fingerprint density at radius 1 is 1.33 bits per heavy atom. The molecule has 0 saturated carbocycles. The highest BCUT2D eigenvalue weighted by Crippen LogP contribution is 2.26. The van der Waals surface area contributed by atoms with E-state index < -0.39 is 11.4 Å². The van der Waals surface area contributed by atoms with Crippen LogP contribution in [0.4, 0.5) is 0 Å². The maximum absolute atomic E-state index is 10.9. The van der Waals surface area contributed by atoms with Gasteiger partial charge in [0.1, 0.15) is 0 Å². The Morgan fingerprint density at radius 3 is 2.08 bits per heavy atom. The highest BCUT2D eigenvalue weighted by Gasteiger charge is 2.34. The van der Waals surface area contributed by atoms with Gasteiger partial charge < -0.3 is 9.84 Å². The van der Waals surface area contributed by atoms with Gasteiger partial charge in [0.2, 0.25) is 0 Å². The van der Waals surface area contributed by atoms with Crippen molar-refractivity contribution in [3.63, 3.8) is 0 Å². The molecule has 0 unspecified atom stereocenters. The molecule has 3 heteroatoms. The lowest BCUT2D eigenvalue weighted by Gasteiger charge is -2.25. The van der Waals surface area contributed by atoms with Crippen molar-refractivity contribution in [2.24, 2.45) is 5.41 Å². The number of rotatable bonds is 6. The molecule has 0 aliphatic rings. The zero-order valence-electron chi connectivity index (χ0n) is 8.09. The van der Waals surface area contributed by atoms with E-state index in [2.05, 4.69) is 0 Å². The van der Waals surface area contributed by atoms with Gasteiger partial charge in [-0.05, 0) is 19.8 Å². The summed E-state index contributed by atoms with van der Waals surface area (Å²) in [5.41, 5.74) is -0.671. The minimum Gasteiger partial charge on any atom is -0.481 e. The predicted molar refractivity (Wildman–Crippen MR) is 47.1 cm³/mol. The van der Waals surface area contributed by atoms with Crippen LogP contribution >= 0.6 is 0 Å². The summed E-state index contributed by atoms with van der Waals surface area (Å²) in [7, 11) is 0. The maximum atomic E-state index is 10.9. The molecule has 0 fully saturated rings. The largest absolute Gasteiger partial charge is 0.481 e. The number of carboxylic acid groups (broad SMARTS) is 1.